The summed E-state index contributed by atoms with van der Waals surface area (Å²) in [6.07, 6.45) is 0.775. The van der Waals surface area contributed by atoms with Gasteiger partial charge in [0.15, 0.2) is 11.5 Å². The summed E-state index contributed by atoms with van der Waals surface area (Å²) in [6.45, 7) is 5.14. The second-order valence-corrected chi connectivity index (χ2v) is 7.69. The fourth-order valence-corrected chi connectivity index (χ4v) is 3.71. The third kappa shape index (κ3) is 3.48. The van der Waals surface area contributed by atoms with Crippen LogP contribution in [0.25, 0.3) is 0 Å². The molecule has 1 N–H and O–H groups in total. The molecule has 0 amide bonds. The van der Waals surface area contributed by atoms with Crippen LogP contribution in [0, 0.1) is 0 Å². The molecule has 0 saturated carbocycles. The fourth-order valence-electron chi connectivity index (χ4n) is 2.61. The predicted molar refractivity (Wildman–Crippen MR) is 93.4 cm³/mol. The number of para-hydroxylation sites is 1. The molecule has 0 aliphatic carbocycles. The maximum atomic E-state index is 12.7. The second-order valence-electron chi connectivity index (χ2n) is 6.01. The Morgan fingerprint density at radius 2 is 1.71 bits per heavy atom. The van der Waals surface area contributed by atoms with Gasteiger partial charge in [0.1, 0.15) is 0 Å². The molecule has 6 heteroatoms. The molecule has 5 nitrogen and oxygen atoms in total. The predicted octanol–water partition coefficient (Wildman–Crippen LogP) is 3.77. The lowest BCUT2D eigenvalue weighted by atomic mass is 10.0. The van der Waals surface area contributed by atoms with Gasteiger partial charge in [0.2, 0.25) is 0 Å². The average Bonchev–Trinajstić information content (AvgIpc) is 2.79. The van der Waals surface area contributed by atoms with Crippen molar-refractivity contribution in [3.8, 4) is 11.5 Å². The molecule has 1 aliphatic rings. The number of hydrogen-bond donors (Lipinski definition) is 1. The maximum absolute atomic E-state index is 12.7. The monoisotopic (exact) mass is 347 g/mol. The number of nitrogens with one attached hydrogen (secondary N) is 1. The molecule has 24 heavy (non-hydrogen) atoms. The standard InChI is InChI=1S/C18H21NO4S/c1-13(2)15-6-3-4-7-16(15)19-24(20,21)14-8-9-17-18(12-14)23-11-5-10-22-17/h3-4,6-9,12-13,19H,5,10-11H2,1-2H3. The van der Waals surface area contributed by atoms with Gasteiger partial charge in [-0.1, -0.05) is 32.0 Å². The molecule has 0 aromatic heterocycles. The minimum absolute atomic E-state index is 0.158. The number of sulfonamides is 1. The average molecular weight is 347 g/mol. The van der Waals surface area contributed by atoms with E-state index < -0.39 is 10.0 Å². The normalized spacial score (nSPS) is 14.3. The minimum Gasteiger partial charge on any atom is -0.490 e. The fraction of sp³-hybridized carbons (Fsp3) is 0.333. The molecule has 0 fully saturated rings. The van der Waals surface area contributed by atoms with Crippen LogP contribution >= 0.6 is 0 Å². The zero-order valence-corrected chi connectivity index (χ0v) is 14.6. The molecule has 3 rings (SSSR count). The number of anilines is 1. The third-order valence-corrected chi connectivity index (χ3v) is 5.22. The first-order valence-electron chi connectivity index (χ1n) is 7.99. The van der Waals surface area contributed by atoms with E-state index in [-0.39, 0.29) is 10.8 Å². The highest BCUT2D eigenvalue weighted by atomic mass is 32.2. The van der Waals surface area contributed by atoms with Crippen LogP contribution < -0.4 is 14.2 Å². The van der Waals surface area contributed by atoms with E-state index in [0.717, 1.165) is 12.0 Å². The summed E-state index contributed by atoms with van der Waals surface area (Å²) in [5, 5.41) is 0. The van der Waals surface area contributed by atoms with E-state index in [1.54, 1.807) is 12.1 Å². The number of rotatable bonds is 4. The molecule has 1 aliphatic heterocycles. The van der Waals surface area contributed by atoms with Gasteiger partial charge in [0.05, 0.1) is 23.8 Å². The first kappa shape index (κ1) is 16.6. The number of fused-ring (bicyclic) bond motifs is 1. The molecule has 2 aromatic rings. The molecule has 0 bridgehead atoms. The quantitative estimate of drug-likeness (QED) is 0.914. The van der Waals surface area contributed by atoms with E-state index in [1.807, 2.05) is 32.0 Å². The molecule has 0 saturated heterocycles. The van der Waals surface area contributed by atoms with Crippen molar-refractivity contribution in [3.63, 3.8) is 0 Å². The number of hydrogen-bond acceptors (Lipinski definition) is 4. The van der Waals surface area contributed by atoms with Gasteiger partial charge in [-0.3, -0.25) is 4.72 Å². The van der Waals surface area contributed by atoms with Crippen molar-refractivity contribution in [2.24, 2.45) is 0 Å². The summed E-state index contributed by atoms with van der Waals surface area (Å²) in [6, 6.07) is 12.1. The summed E-state index contributed by atoms with van der Waals surface area (Å²) < 4.78 is 39.3. The summed E-state index contributed by atoms with van der Waals surface area (Å²) in [4.78, 5) is 0.158. The Bertz CT molecular complexity index is 831. The van der Waals surface area contributed by atoms with Crippen molar-refractivity contribution in [1.82, 2.24) is 0 Å². The molecule has 0 spiro atoms. The Balaban J connectivity index is 1.93. The van der Waals surface area contributed by atoms with E-state index >= 15 is 0 Å². The lowest BCUT2D eigenvalue weighted by molar-refractivity contribution is 0.297. The lowest BCUT2D eigenvalue weighted by Crippen LogP contribution is -2.14. The third-order valence-electron chi connectivity index (χ3n) is 3.86. The Labute approximate surface area is 142 Å². The van der Waals surface area contributed by atoms with Crippen molar-refractivity contribution in [1.29, 1.82) is 0 Å². The Morgan fingerprint density at radius 3 is 2.46 bits per heavy atom. The van der Waals surface area contributed by atoms with Crippen LogP contribution in [0.15, 0.2) is 47.4 Å². The molecule has 1 heterocycles. The van der Waals surface area contributed by atoms with Crippen LogP contribution in [0.1, 0.15) is 31.7 Å². The topological polar surface area (TPSA) is 64.6 Å². The van der Waals surface area contributed by atoms with E-state index in [1.165, 1.54) is 12.1 Å². The van der Waals surface area contributed by atoms with E-state index in [0.29, 0.717) is 30.4 Å². The Kier molecular flexibility index (Phi) is 4.66. The van der Waals surface area contributed by atoms with Gasteiger partial charge in [0, 0.05) is 12.5 Å². The SMILES string of the molecule is CC(C)c1ccccc1NS(=O)(=O)c1ccc2c(c1)OCCCO2. The van der Waals surface area contributed by atoms with Gasteiger partial charge >= 0.3 is 0 Å². The van der Waals surface area contributed by atoms with E-state index in [2.05, 4.69) is 4.72 Å². The first-order chi connectivity index (χ1) is 11.5. The molecular formula is C18H21NO4S. The molecule has 0 radical (unpaired) electrons. The minimum atomic E-state index is -3.70. The highest BCUT2D eigenvalue weighted by molar-refractivity contribution is 7.92. The van der Waals surface area contributed by atoms with Crippen molar-refractivity contribution >= 4 is 15.7 Å². The van der Waals surface area contributed by atoms with Crippen molar-refractivity contribution < 1.29 is 17.9 Å². The van der Waals surface area contributed by atoms with Crippen LogP contribution in [0.5, 0.6) is 11.5 Å². The molecule has 2 aromatic carbocycles. The molecule has 0 atom stereocenters. The Morgan fingerprint density at radius 1 is 1.00 bits per heavy atom. The highest BCUT2D eigenvalue weighted by Crippen LogP contribution is 2.33. The van der Waals surface area contributed by atoms with Gasteiger partial charge in [-0.25, -0.2) is 8.42 Å². The second kappa shape index (κ2) is 6.73. The lowest BCUT2D eigenvalue weighted by Gasteiger charge is -2.15. The molecule has 0 unspecified atom stereocenters. The van der Waals surface area contributed by atoms with Crippen LogP contribution in [0.2, 0.25) is 0 Å². The summed E-state index contributed by atoms with van der Waals surface area (Å²) in [5.74, 6) is 1.26. The van der Waals surface area contributed by atoms with Crippen molar-refractivity contribution in [3.05, 3.63) is 48.0 Å². The van der Waals surface area contributed by atoms with E-state index in [4.69, 9.17) is 9.47 Å². The van der Waals surface area contributed by atoms with Gasteiger partial charge in [0.25, 0.3) is 10.0 Å². The number of benzene rings is 2. The summed E-state index contributed by atoms with van der Waals surface area (Å²) in [7, 11) is -3.70. The van der Waals surface area contributed by atoms with Crippen LogP contribution in [-0.2, 0) is 10.0 Å². The summed E-state index contributed by atoms with van der Waals surface area (Å²) in [5.41, 5.74) is 1.55. The summed E-state index contributed by atoms with van der Waals surface area (Å²) >= 11 is 0. The number of ether oxygens (including phenoxy) is 2. The van der Waals surface area contributed by atoms with E-state index in [9.17, 15) is 8.42 Å². The first-order valence-corrected chi connectivity index (χ1v) is 9.47. The van der Waals surface area contributed by atoms with Gasteiger partial charge in [-0.05, 0) is 29.7 Å². The van der Waals surface area contributed by atoms with Gasteiger partial charge in [-0.2, -0.15) is 0 Å². The van der Waals surface area contributed by atoms with Crippen molar-refractivity contribution in [2.45, 2.75) is 31.1 Å². The largest absolute Gasteiger partial charge is 0.490 e. The van der Waals surface area contributed by atoms with Crippen LogP contribution in [-0.4, -0.2) is 21.6 Å². The molecule has 128 valence electrons. The molecular weight excluding hydrogens is 326 g/mol. The zero-order valence-electron chi connectivity index (χ0n) is 13.8. The van der Waals surface area contributed by atoms with Gasteiger partial charge in [-0.15, -0.1) is 0 Å². The van der Waals surface area contributed by atoms with Crippen molar-refractivity contribution in [2.75, 3.05) is 17.9 Å². The van der Waals surface area contributed by atoms with Gasteiger partial charge < -0.3 is 9.47 Å². The maximum Gasteiger partial charge on any atom is 0.262 e. The Hall–Kier alpha value is -2.21. The smallest absolute Gasteiger partial charge is 0.262 e. The van der Waals surface area contributed by atoms with Crippen LogP contribution in [0.4, 0.5) is 5.69 Å². The zero-order chi connectivity index (χ0) is 17.2. The highest BCUT2D eigenvalue weighted by Gasteiger charge is 2.20. The van der Waals surface area contributed by atoms with Crippen LogP contribution in [0.3, 0.4) is 0 Å².